The second-order valence-corrected chi connectivity index (χ2v) is 8.36. The number of rotatable bonds is 7. The fraction of sp³-hybridized carbons (Fsp3) is 0.138. The highest BCUT2D eigenvalue weighted by Crippen LogP contribution is 2.38. The van der Waals surface area contributed by atoms with E-state index >= 15 is 0 Å². The maximum Gasteiger partial charge on any atom is 0.418 e. The SMILES string of the molecule is COc1cccc(COc2cccc(-c3c4cccc(C(F)(F)F)c4nn3Cc3ccccc3)c2)c1. The van der Waals surface area contributed by atoms with E-state index in [1.165, 1.54) is 6.07 Å². The maximum absolute atomic E-state index is 13.8. The van der Waals surface area contributed by atoms with Crippen LogP contribution < -0.4 is 9.47 Å². The van der Waals surface area contributed by atoms with Gasteiger partial charge < -0.3 is 9.47 Å². The van der Waals surface area contributed by atoms with Gasteiger partial charge in [-0.3, -0.25) is 4.68 Å². The van der Waals surface area contributed by atoms with Crippen LogP contribution in [-0.2, 0) is 19.3 Å². The molecule has 0 spiro atoms. The molecule has 0 aliphatic carbocycles. The van der Waals surface area contributed by atoms with Gasteiger partial charge in [0.25, 0.3) is 0 Å². The number of alkyl halides is 3. The van der Waals surface area contributed by atoms with Gasteiger partial charge in [-0.2, -0.15) is 18.3 Å². The van der Waals surface area contributed by atoms with Gasteiger partial charge in [0.1, 0.15) is 23.6 Å². The minimum absolute atomic E-state index is 0.0707. The third-order valence-corrected chi connectivity index (χ3v) is 5.90. The molecule has 0 bridgehead atoms. The van der Waals surface area contributed by atoms with Gasteiger partial charge in [0, 0.05) is 10.9 Å². The van der Waals surface area contributed by atoms with Crippen molar-refractivity contribution in [1.82, 2.24) is 9.78 Å². The average molecular weight is 489 g/mol. The first-order chi connectivity index (χ1) is 17.4. The summed E-state index contributed by atoms with van der Waals surface area (Å²) in [5, 5.41) is 4.87. The average Bonchev–Trinajstić information content (AvgIpc) is 3.25. The molecule has 0 aliphatic rings. The topological polar surface area (TPSA) is 36.3 Å². The molecule has 5 aromatic rings. The van der Waals surface area contributed by atoms with Gasteiger partial charge in [-0.15, -0.1) is 0 Å². The standard InChI is InChI=1S/C29H23F3N2O2/c1-35-23-12-5-10-21(16-23)19-36-24-13-6-11-22(17-24)28-25-14-7-15-26(29(30,31)32)27(25)33-34(28)18-20-8-3-2-4-9-20/h2-17H,18-19H2,1H3. The van der Waals surface area contributed by atoms with Crippen molar-refractivity contribution in [2.45, 2.75) is 19.3 Å². The zero-order chi connectivity index (χ0) is 25.1. The minimum Gasteiger partial charge on any atom is -0.497 e. The first-order valence-corrected chi connectivity index (χ1v) is 11.4. The molecule has 0 aliphatic heterocycles. The lowest BCUT2D eigenvalue weighted by Gasteiger charge is -2.11. The molecular formula is C29H23F3N2O2. The van der Waals surface area contributed by atoms with Gasteiger partial charge in [0.15, 0.2) is 0 Å². The number of fused-ring (bicyclic) bond motifs is 1. The molecule has 4 nitrogen and oxygen atoms in total. The Balaban J connectivity index is 1.56. The van der Waals surface area contributed by atoms with Crippen molar-refractivity contribution in [3.8, 4) is 22.8 Å². The summed E-state index contributed by atoms with van der Waals surface area (Å²) in [5.74, 6) is 1.34. The largest absolute Gasteiger partial charge is 0.497 e. The summed E-state index contributed by atoms with van der Waals surface area (Å²) in [6.07, 6.45) is -4.51. The molecule has 1 heterocycles. The maximum atomic E-state index is 13.8. The van der Waals surface area contributed by atoms with Gasteiger partial charge in [-0.1, -0.05) is 66.7 Å². The van der Waals surface area contributed by atoms with Gasteiger partial charge in [0.2, 0.25) is 0 Å². The second-order valence-electron chi connectivity index (χ2n) is 8.36. The van der Waals surface area contributed by atoms with Crippen molar-refractivity contribution in [1.29, 1.82) is 0 Å². The van der Waals surface area contributed by atoms with Gasteiger partial charge in [-0.05, 0) is 41.5 Å². The highest BCUT2D eigenvalue weighted by atomic mass is 19.4. The molecule has 0 unspecified atom stereocenters. The summed E-state index contributed by atoms with van der Waals surface area (Å²) in [6, 6.07) is 28.6. The number of ether oxygens (including phenoxy) is 2. The summed E-state index contributed by atoms with van der Waals surface area (Å²) in [4.78, 5) is 0. The molecule has 0 radical (unpaired) electrons. The molecule has 0 atom stereocenters. The van der Waals surface area contributed by atoms with E-state index in [0.29, 0.717) is 30.0 Å². The Hall–Kier alpha value is -4.26. The highest BCUT2D eigenvalue weighted by Gasteiger charge is 2.34. The Labute approximate surface area is 206 Å². The van der Waals surface area contributed by atoms with Crippen molar-refractivity contribution in [2.24, 2.45) is 0 Å². The molecule has 0 N–H and O–H groups in total. The molecule has 0 fully saturated rings. The van der Waals surface area contributed by atoms with Crippen LogP contribution in [0.3, 0.4) is 0 Å². The van der Waals surface area contributed by atoms with E-state index in [2.05, 4.69) is 5.10 Å². The summed E-state index contributed by atoms with van der Waals surface area (Å²) in [6.45, 7) is 0.653. The molecule has 0 amide bonds. The number of nitrogens with zero attached hydrogens (tertiary/aromatic N) is 2. The van der Waals surface area contributed by atoms with E-state index in [1.807, 2.05) is 78.9 Å². The van der Waals surface area contributed by atoms with Crippen LogP contribution in [0.1, 0.15) is 16.7 Å². The zero-order valence-corrected chi connectivity index (χ0v) is 19.5. The van der Waals surface area contributed by atoms with Crippen LogP contribution in [0.25, 0.3) is 22.2 Å². The molecule has 7 heteroatoms. The normalized spacial score (nSPS) is 11.6. The lowest BCUT2D eigenvalue weighted by Crippen LogP contribution is -2.06. The Kier molecular flexibility index (Phi) is 6.38. The Morgan fingerprint density at radius 2 is 1.50 bits per heavy atom. The predicted molar refractivity (Wildman–Crippen MR) is 133 cm³/mol. The van der Waals surface area contributed by atoms with E-state index in [1.54, 1.807) is 17.9 Å². The molecule has 36 heavy (non-hydrogen) atoms. The molecule has 0 saturated carbocycles. The van der Waals surface area contributed by atoms with Crippen molar-refractivity contribution in [3.63, 3.8) is 0 Å². The van der Waals surface area contributed by atoms with Crippen LogP contribution in [0.4, 0.5) is 13.2 Å². The number of benzene rings is 4. The lowest BCUT2D eigenvalue weighted by atomic mass is 10.0. The first kappa shape index (κ1) is 23.5. The molecule has 5 rings (SSSR count). The summed E-state index contributed by atoms with van der Waals surface area (Å²) in [7, 11) is 1.61. The third kappa shape index (κ3) is 4.91. The quantitative estimate of drug-likeness (QED) is 0.240. The molecular weight excluding hydrogens is 465 g/mol. The summed E-state index contributed by atoms with van der Waals surface area (Å²) >= 11 is 0. The first-order valence-electron chi connectivity index (χ1n) is 11.4. The molecule has 182 valence electrons. The van der Waals surface area contributed by atoms with Crippen molar-refractivity contribution in [3.05, 3.63) is 114 Å². The zero-order valence-electron chi connectivity index (χ0n) is 19.5. The smallest absolute Gasteiger partial charge is 0.418 e. The van der Waals surface area contributed by atoms with Gasteiger partial charge >= 0.3 is 6.18 Å². The van der Waals surface area contributed by atoms with E-state index in [-0.39, 0.29) is 5.52 Å². The fourth-order valence-electron chi connectivity index (χ4n) is 4.22. The van der Waals surface area contributed by atoms with Crippen LogP contribution in [0.15, 0.2) is 97.1 Å². The summed E-state index contributed by atoms with van der Waals surface area (Å²) < 4.78 is 54.3. The number of hydrogen-bond acceptors (Lipinski definition) is 3. The van der Waals surface area contributed by atoms with Crippen molar-refractivity contribution in [2.75, 3.05) is 7.11 Å². The molecule has 4 aromatic carbocycles. The van der Waals surface area contributed by atoms with E-state index in [4.69, 9.17) is 9.47 Å². The Morgan fingerprint density at radius 1 is 0.778 bits per heavy atom. The summed E-state index contributed by atoms with van der Waals surface area (Å²) in [5.41, 5.74) is 2.37. The van der Waals surface area contributed by atoms with Crippen LogP contribution in [-0.4, -0.2) is 16.9 Å². The predicted octanol–water partition coefficient (Wildman–Crippen LogP) is 7.36. The van der Waals surface area contributed by atoms with Crippen LogP contribution >= 0.6 is 0 Å². The highest BCUT2D eigenvalue weighted by molar-refractivity contribution is 5.95. The van der Waals surface area contributed by atoms with Crippen LogP contribution in [0.5, 0.6) is 11.5 Å². The minimum atomic E-state index is -4.51. The number of aromatic nitrogens is 2. The number of methoxy groups -OCH3 is 1. The fourth-order valence-corrected chi connectivity index (χ4v) is 4.22. The second kappa shape index (κ2) is 9.77. The van der Waals surface area contributed by atoms with Crippen LogP contribution in [0, 0.1) is 0 Å². The van der Waals surface area contributed by atoms with Crippen molar-refractivity contribution >= 4 is 10.9 Å². The monoisotopic (exact) mass is 488 g/mol. The van der Waals surface area contributed by atoms with Crippen molar-refractivity contribution < 1.29 is 22.6 Å². The van der Waals surface area contributed by atoms with Gasteiger partial charge in [0.05, 0.1) is 24.9 Å². The number of hydrogen-bond donors (Lipinski definition) is 0. The Morgan fingerprint density at radius 3 is 2.28 bits per heavy atom. The Bertz CT molecular complexity index is 1490. The lowest BCUT2D eigenvalue weighted by molar-refractivity contribution is -0.136. The van der Waals surface area contributed by atoms with E-state index in [0.717, 1.165) is 28.5 Å². The molecule has 0 saturated heterocycles. The molecule has 1 aromatic heterocycles. The van der Waals surface area contributed by atoms with E-state index < -0.39 is 11.7 Å². The third-order valence-electron chi connectivity index (χ3n) is 5.90. The van der Waals surface area contributed by atoms with Gasteiger partial charge in [-0.25, -0.2) is 0 Å². The van der Waals surface area contributed by atoms with E-state index in [9.17, 15) is 13.2 Å². The number of halogens is 3. The van der Waals surface area contributed by atoms with Crippen LogP contribution in [0.2, 0.25) is 0 Å².